The van der Waals surface area contributed by atoms with Gasteiger partial charge in [-0.1, -0.05) is 182 Å². The molecule has 0 spiro atoms. The Hall–Kier alpha value is -7.02. The van der Waals surface area contributed by atoms with Gasteiger partial charge in [-0.15, -0.1) is 0 Å². The first-order chi connectivity index (χ1) is 27.5. The van der Waals surface area contributed by atoms with E-state index in [1.54, 1.807) is 24.3 Å². The van der Waals surface area contributed by atoms with Crippen LogP contribution in [0.25, 0.3) is 56.1 Å². The number of hydrogen-bond acceptors (Lipinski definition) is 5. The average molecular weight is 740 g/mol. The molecular weight excluding hydrogens is 707 g/mol. The van der Waals surface area contributed by atoms with Crippen molar-refractivity contribution in [2.75, 3.05) is 0 Å². The molecule has 0 saturated carbocycles. The highest BCUT2D eigenvalue weighted by Crippen LogP contribution is 2.55. The fourth-order valence-electron chi connectivity index (χ4n) is 8.38. The van der Waals surface area contributed by atoms with Crippen LogP contribution < -0.4 is 0 Å². The van der Waals surface area contributed by atoms with Gasteiger partial charge in [0.2, 0.25) is 9.84 Å². The summed E-state index contributed by atoms with van der Waals surface area (Å²) < 4.78 is 28.6. The first kappa shape index (κ1) is 33.5. The summed E-state index contributed by atoms with van der Waals surface area (Å²) in [5.41, 5.74) is 7.00. The van der Waals surface area contributed by atoms with Gasteiger partial charge in [-0.05, 0) is 62.4 Å². The lowest BCUT2D eigenvalue weighted by molar-refractivity contribution is 0.579. The number of hydrogen-bond donors (Lipinski definition) is 0. The Morgan fingerprint density at radius 3 is 1.59 bits per heavy atom. The van der Waals surface area contributed by atoms with Crippen LogP contribution in [0.3, 0.4) is 0 Å². The van der Waals surface area contributed by atoms with Crippen LogP contribution in [-0.4, -0.2) is 23.4 Å². The minimum atomic E-state index is -3.80. The predicted molar refractivity (Wildman–Crippen MR) is 223 cm³/mol. The van der Waals surface area contributed by atoms with Gasteiger partial charge in [-0.3, -0.25) is 0 Å². The van der Waals surface area contributed by atoms with Crippen LogP contribution in [0.1, 0.15) is 22.3 Å². The van der Waals surface area contributed by atoms with Crippen LogP contribution in [0.4, 0.5) is 0 Å². The average Bonchev–Trinajstić information content (AvgIpc) is 3.27. The second-order valence-electron chi connectivity index (χ2n) is 13.9. The largest absolute Gasteiger partial charge is 0.218 e. The zero-order chi connectivity index (χ0) is 37.7. The molecule has 0 saturated heterocycles. The molecule has 9 aromatic rings. The van der Waals surface area contributed by atoms with Crippen LogP contribution in [0.2, 0.25) is 0 Å². The maximum absolute atomic E-state index is 14.3. The highest BCUT2D eigenvalue weighted by molar-refractivity contribution is 7.91. The fraction of sp³-hybridized carbons (Fsp3) is 0.0200. The van der Waals surface area contributed by atoms with E-state index in [0.29, 0.717) is 27.3 Å². The minimum absolute atomic E-state index is 0.311. The number of aromatic nitrogens is 3. The van der Waals surface area contributed by atoms with Crippen molar-refractivity contribution in [2.24, 2.45) is 0 Å². The Balaban J connectivity index is 1.21. The maximum Gasteiger partial charge on any atom is 0.207 e. The van der Waals surface area contributed by atoms with Gasteiger partial charge in [0, 0.05) is 16.7 Å². The molecule has 0 fully saturated rings. The van der Waals surface area contributed by atoms with Crippen molar-refractivity contribution in [1.29, 1.82) is 0 Å². The van der Waals surface area contributed by atoms with Crippen molar-refractivity contribution >= 4 is 20.6 Å². The third-order valence-electron chi connectivity index (χ3n) is 10.8. The van der Waals surface area contributed by atoms with Crippen molar-refractivity contribution in [2.45, 2.75) is 15.2 Å². The first-order valence-electron chi connectivity index (χ1n) is 18.5. The molecule has 8 aromatic carbocycles. The zero-order valence-electron chi connectivity index (χ0n) is 30.1. The molecule has 10 rings (SSSR count). The molecule has 0 unspecified atom stereocenters. The van der Waals surface area contributed by atoms with E-state index in [1.807, 2.05) is 115 Å². The van der Waals surface area contributed by atoms with Crippen LogP contribution in [0.15, 0.2) is 210 Å². The summed E-state index contributed by atoms with van der Waals surface area (Å²) in [6.45, 7) is 0. The molecule has 1 aliphatic heterocycles. The van der Waals surface area contributed by atoms with E-state index in [9.17, 15) is 8.42 Å². The monoisotopic (exact) mass is 739 g/mol. The van der Waals surface area contributed by atoms with Gasteiger partial charge >= 0.3 is 0 Å². The number of nitrogens with zero attached hydrogens (tertiary/aromatic N) is 3. The van der Waals surface area contributed by atoms with E-state index in [4.69, 9.17) is 15.0 Å². The molecular formula is C50H33N3O2S. The van der Waals surface area contributed by atoms with Gasteiger partial charge < -0.3 is 0 Å². The SMILES string of the molecule is O=S1(=O)c2ccccc2C(c2ccccc2)(c2ccccc2-c2cccc(-c3nc(-c4ccccc4)nc(-c4cccc5ccccc45)n3)c2)c2ccccc21. The van der Waals surface area contributed by atoms with Crippen LogP contribution in [-0.2, 0) is 15.3 Å². The van der Waals surface area contributed by atoms with E-state index < -0.39 is 15.3 Å². The summed E-state index contributed by atoms with van der Waals surface area (Å²) in [6, 6.07) is 66.2. The van der Waals surface area contributed by atoms with Crippen molar-refractivity contribution in [3.05, 3.63) is 222 Å². The maximum atomic E-state index is 14.3. The third-order valence-corrected chi connectivity index (χ3v) is 12.7. The molecule has 0 aliphatic carbocycles. The minimum Gasteiger partial charge on any atom is -0.218 e. The topological polar surface area (TPSA) is 72.8 Å². The number of sulfone groups is 1. The van der Waals surface area contributed by atoms with E-state index in [1.165, 1.54) is 0 Å². The molecule has 2 heterocycles. The summed E-state index contributed by atoms with van der Waals surface area (Å²) in [5.74, 6) is 1.73. The lowest BCUT2D eigenvalue weighted by atomic mass is 9.63. The van der Waals surface area contributed by atoms with Gasteiger partial charge in [-0.2, -0.15) is 0 Å². The summed E-state index contributed by atoms with van der Waals surface area (Å²) in [7, 11) is -3.80. The van der Waals surface area contributed by atoms with E-state index >= 15 is 0 Å². The molecule has 0 amide bonds. The van der Waals surface area contributed by atoms with Crippen molar-refractivity contribution in [1.82, 2.24) is 15.0 Å². The van der Waals surface area contributed by atoms with Crippen LogP contribution in [0, 0.1) is 0 Å². The molecule has 0 atom stereocenters. The lowest BCUT2D eigenvalue weighted by Gasteiger charge is -2.42. The molecule has 1 aromatic heterocycles. The Morgan fingerprint density at radius 1 is 0.375 bits per heavy atom. The molecule has 266 valence electrons. The van der Waals surface area contributed by atoms with E-state index in [2.05, 4.69) is 60.7 Å². The van der Waals surface area contributed by atoms with Gasteiger partial charge in [0.15, 0.2) is 17.5 Å². The van der Waals surface area contributed by atoms with Crippen molar-refractivity contribution in [3.63, 3.8) is 0 Å². The third kappa shape index (κ3) is 5.29. The number of rotatable bonds is 6. The summed E-state index contributed by atoms with van der Waals surface area (Å²) in [5, 5.41) is 2.17. The predicted octanol–water partition coefficient (Wildman–Crippen LogP) is 11.2. The standard InChI is InChI=1S/C50H33N3O2S/c54-56(55)45-31-13-11-29-43(45)50(38-23-5-2-6-24-38,44-30-12-14-32-46(44)56)42-28-10-9-26-40(42)36-21-15-22-37(33-36)48-51-47(35-18-3-1-4-19-35)52-49(53-48)41-27-16-20-34-17-7-8-25-39(34)41/h1-33H. The van der Waals surface area contributed by atoms with Gasteiger partial charge in [0.25, 0.3) is 0 Å². The van der Waals surface area contributed by atoms with E-state index in [0.717, 1.165) is 60.8 Å². The summed E-state index contributed by atoms with van der Waals surface area (Å²) in [4.78, 5) is 15.9. The van der Waals surface area contributed by atoms with Gasteiger partial charge in [0.05, 0.1) is 15.2 Å². The number of benzene rings is 8. The second-order valence-corrected chi connectivity index (χ2v) is 15.8. The molecule has 1 aliphatic rings. The second kappa shape index (κ2) is 13.4. The Kier molecular flexibility index (Phi) is 8.01. The van der Waals surface area contributed by atoms with Crippen LogP contribution >= 0.6 is 0 Å². The van der Waals surface area contributed by atoms with Crippen molar-refractivity contribution < 1.29 is 8.42 Å². The summed E-state index contributed by atoms with van der Waals surface area (Å²) >= 11 is 0. The normalized spacial score (nSPS) is 13.8. The van der Waals surface area contributed by atoms with Crippen LogP contribution in [0.5, 0.6) is 0 Å². The molecule has 5 nitrogen and oxygen atoms in total. The molecule has 0 N–H and O–H groups in total. The molecule has 0 radical (unpaired) electrons. The van der Waals surface area contributed by atoms with E-state index in [-0.39, 0.29) is 0 Å². The summed E-state index contributed by atoms with van der Waals surface area (Å²) in [6.07, 6.45) is 0. The smallest absolute Gasteiger partial charge is 0.207 e. The zero-order valence-corrected chi connectivity index (χ0v) is 30.9. The quantitative estimate of drug-likeness (QED) is 0.170. The van der Waals surface area contributed by atoms with Gasteiger partial charge in [-0.25, -0.2) is 23.4 Å². The first-order valence-corrected chi connectivity index (χ1v) is 20.0. The molecule has 0 bridgehead atoms. The highest BCUT2D eigenvalue weighted by atomic mass is 32.2. The Morgan fingerprint density at radius 2 is 0.857 bits per heavy atom. The number of fused-ring (bicyclic) bond motifs is 3. The molecule has 6 heteroatoms. The molecule has 56 heavy (non-hydrogen) atoms. The van der Waals surface area contributed by atoms with Gasteiger partial charge in [0.1, 0.15) is 0 Å². The highest BCUT2D eigenvalue weighted by Gasteiger charge is 2.49. The Labute approximate surface area is 325 Å². The van der Waals surface area contributed by atoms with Crippen molar-refractivity contribution in [3.8, 4) is 45.3 Å². The lowest BCUT2D eigenvalue weighted by Crippen LogP contribution is -2.38. The fourth-order valence-corrected chi connectivity index (χ4v) is 10.2. The Bertz CT molecular complexity index is 3000.